The number of hydrogen-bond acceptors (Lipinski definition) is 4. The molecule has 110 valence electrons. The number of amides is 1. The summed E-state index contributed by atoms with van der Waals surface area (Å²) in [6, 6.07) is 8.59. The second-order valence-electron chi connectivity index (χ2n) is 4.72. The van der Waals surface area contributed by atoms with Crippen LogP contribution < -0.4 is 14.8 Å². The maximum absolute atomic E-state index is 12.1. The quantitative estimate of drug-likeness (QED) is 0.917. The third-order valence-corrected chi connectivity index (χ3v) is 2.73. The first-order valence-electron chi connectivity index (χ1n) is 6.66. The summed E-state index contributed by atoms with van der Waals surface area (Å²) in [4.78, 5) is 16.0. The maximum Gasteiger partial charge on any atom is 0.255 e. The van der Waals surface area contributed by atoms with Gasteiger partial charge in [0.1, 0.15) is 0 Å². The van der Waals surface area contributed by atoms with E-state index >= 15 is 0 Å². The standard InChI is InChI=1S/C16H18N2O3/c1-11(2)21-15-10-13(4-5-14(15)20-3)18-16(19)12-6-8-17-9-7-12/h4-11H,1-3H3,(H,18,19). The third-order valence-electron chi connectivity index (χ3n) is 2.73. The highest BCUT2D eigenvalue weighted by Gasteiger charge is 2.10. The lowest BCUT2D eigenvalue weighted by Crippen LogP contribution is -2.12. The Labute approximate surface area is 123 Å². The van der Waals surface area contributed by atoms with Crippen LogP contribution in [0.1, 0.15) is 24.2 Å². The number of pyridine rings is 1. The Balaban J connectivity index is 2.19. The summed E-state index contributed by atoms with van der Waals surface area (Å²) in [5, 5.41) is 2.82. The Hall–Kier alpha value is -2.56. The lowest BCUT2D eigenvalue weighted by molar-refractivity contribution is 0.102. The van der Waals surface area contributed by atoms with Crippen LogP contribution in [-0.4, -0.2) is 24.1 Å². The van der Waals surface area contributed by atoms with Crippen LogP contribution in [0.25, 0.3) is 0 Å². The smallest absolute Gasteiger partial charge is 0.255 e. The first-order valence-corrected chi connectivity index (χ1v) is 6.66. The van der Waals surface area contributed by atoms with Gasteiger partial charge < -0.3 is 14.8 Å². The summed E-state index contributed by atoms with van der Waals surface area (Å²) in [5.74, 6) is 1.03. The number of nitrogens with one attached hydrogen (secondary N) is 1. The fourth-order valence-corrected chi connectivity index (χ4v) is 1.81. The third kappa shape index (κ3) is 3.95. The number of benzene rings is 1. The van der Waals surface area contributed by atoms with Gasteiger partial charge in [0.15, 0.2) is 11.5 Å². The van der Waals surface area contributed by atoms with Crippen molar-refractivity contribution in [1.29, 1.82) is 0 Å². The molecule has 1 aromatic heterocycles. The molecule has 1 N–H and O–H groups in total. The molecule has 0 fully saturated rings. The van der Waals surface area contributed by atoms with Crippen molar-refractivity contribution in [3.63, 3.8) is 0 Å². The number of ether oxygens (including phenoxy) is 2. The summed E-state index contributed by atoms with van der Waals surface area (Å²) >= 11 is 0. The van der Waals surface area contributed by atoms with E-state index in [2.05, 4.69) is 10.3 Å². The molecule has 5 nitrogen and oxygen atoms in total. The molecule has 2 rings (SSSR count). The van der Waals surface area contributed by atoms with E-state index in [4.69, 9.17) is 9.47 Å². The van der Waals surface area contributed by atoms with Crippen LogP contribution in [-0.2, 0) is 0 Å². The van der Waals surface area contributed by atoms with Crippen molar-refractivity contribution in [1.82, 2.24) is 4.98 Å². The van der Waals surface area contributed by atoms with Crippen LogP contribution in [0.5, 0.6) is 11.5 Å². The highest BCUT2D eigenvalue weighted by Crippen LogP contribution is 2.31. The monoisotopic (exact) mass is 286 g/mol. The number of carbonyl (C=O) groups excluding carboxylic acids is 1. The lowest BCUT2D eigenvalue weighted by atomic mass is 10.2. The minimum atomic E-state index is -0.196. The van der Waals surface area contributed by atoms with E-state index in [1.807, 2.05) is 13.8 Å². The summed E-state index contributed by atoms with van der Waals surface area (Å²) in [6.07, 6.45) is 3.18. The summed E-state index contributed by atoms with van der Waals surface area (Å²) in [6.45, 7) is 3.86. The molecule has 1 aromatic carbocycles. The number of hydrogen-bond donors (Lipinski definition) is 1. The molecule has 0 spiro atoms. The minimum Gasteiger partial charge on any atom is -0.493 e. The van der Waals surface area contributed by atoms with Crippen LogP contribution in [0.15, 0.2) is 42.7 Å². The average molecular weight is 286 g/mol. The Bertz CT molecular complexity index is 612. The van der Waals surface area contributed by atoms with Crippen LogP contribution in [0.4, 0.5) is 5.69 Å². The fraction of sp³-hybridized carbons (Fsp3) is 0.250. The van der Waals surface area contributed by atoms with Crippen molar-refractivity contribution >= 4 is 11.6 Å². The molecule has 0 bridgehead atoms. The van der Waals surface area contributed by atoms with Crippen molar-refractivity contribution in [3.8, 4) is 11.5 Å². The van der Waals surface area contributed by atoms with Gasteiger partial charge in [0, 0.05) is 29.7 Å². The largest absolute Gasteiger partial charge is 0.493 e. The molecule has 0 saturated carbocycles. The molecule has 0 aliphatic heterocycles. The van der Waals surface area contributed by atoms with E-state index in [1.54, 1.807) is 49.8 Å². The highest BCUT2D eigenvalue weighted by atomic mass is 16.5. The highest BCUT2D eigenvalue weighted by molar-refractivity contribution is 6.04. The molecule has 0 unspecified atom stereocenters. The van der Waals surface area contributed by atoms with E-state index < -0.39 is 0 Å². The van der Waals surface area contributed by atoms with E-state index in [0.717, 1.165) is 0 Å². The zero-order valence-corrected chi connectivity index (χ0v) is 12.3. The van der Waals surface area contributed by atoms with Gasteiger partial charge in [0.2, 0.25) is 0 Å². The molecule has 5 heteroatoms. The predicted molar refractivity (Wildman–Crippen MR) is 80.9 cm³/mol. The molecule has 2 aromatic rings. The van der Waals surface area contributed by atoms with Crippen molar-refractivity contribution in [3.05, 3.63) is 48.3 Å². The van der Waals surface area contributed by atoms with Crippen molar-refractivity contribution in [2.75, 3.05) is 12.4 Å². The molecule has 1 amide bonds. The van der Waals surface area contributed by atoms with Crippen LogP contribution in [0, 0.1) is 0 Å². The zero-order valence-electron chi connectivity index (χ0n) is 12.3. The van der Waals surface area contributed by atoms with Gasteiger partial charge in [-0.05, 0) is 38.1 Å². The Morgan fingerprint density at radius 1 is 1.14 bits per heavy atom. The number of aromatic nitrogens is 1. The molecular weight excluding hydrogens is 268 g/mol. The van der Waals surface area contributed by atoms with Gasteiger partial charge in [-0.15, -0.1) is 0 Å². The first-order chi connectivity index (χ1) is 10.1. The molecule has 0 atom stereocenters. The van der Waals surface area contributed by atoms with Crippen LogP contribution in [0.3, 0.4) is 0 Å². The van der Waals surface area contributed by atoms with Gasteiger partial charge in [0.25, 0.3) is 5.91 Å². The van der Waals surface area contributed by atoms with Gasteiger partial charge in [-0.25, -0.2) is 0 Å². The maximum atomic E-state index is 12.1. The van der Waals surface area contributed by atoms with Gasteiger partial charge in [-0.3, -0.25) is 9.78 Å². The van der Waals surface area contributed by atoms with E-state index in [0.29, 0.717) is 22.7 Å². The van der Waals surface area contributed by atoms with Crippen molar-refractivity contribution in [2.24, 2.45) is 0 Å². The van der Waals surface area contributed by atoms with Crippen molar-refractivity contribution in [2.45, 2.75) is 20.0 Å². The van der Waals surface area contributed by atoms with Gasteiger partial charge in [-0.2, -0.15) is 0 Å². The van der Waals surface area contributed by atoms with Crippen LogP contribution in [0.2, 0.25) is 0 Å². The topological polar surface area (TPSA) is 60.5 Å². The van der Waals surface area contributed by atoms with E-state index in [1.165, 1.54) is 0 Å². The average Bonchev–Trinajstić information content (AvgIpc) is 2.48. The molecule has 0 radical (unpaired) electrons. The molecule has 0 aliphatic carbocycles. The van der Waals surface area contributed by atoms with Crippen molar-refractivity contribution < 1.29 is 14.3 Å². The second kappa shape index (κ2) is 6.74. The van der Waals surface area contributed by atoms with Gasteiger partial charge in [0.05, 0.1) is 13.2 Å². The SMILES string of the molecule is COc1ccc(NC(=O)c2ccncc2)cc1OC(C)C. The molecule has 0 aliphatic rings. The van der Waals surface area contributed by atoms with Gasteiger partial charge in [-0.1, -0.05) is 0 Å². The molecule has 21 heavy (non-hydrogen) atoms. The molecule has 0 saturated heterocycles. The lowest BCUT2D eigenvalue weighted by Gasteiger charge is -2.15. The number of rotatable bonds is 5. The first kappa shape index (κ1) is 14.8. The number of carbonyl (C=O) groups is 1. The number of methoxy groups -OCH3 is 1. The Morgan fingerprint density at radius 2 is 1.86 bits per heavy atom. The van der Waals surface area contributed by atoms with Crippen LogP contribution >= 0.6 is 0 Å². The van der Waals surface area contributed by atoms with Gasteiger partial charge >= 0.3 is 0 Å². The number of nitrogens with zero attached hydrogens (tertiary/aromatic N) is 1. The summed E-state index contributed by atoms with van der Waals surface area (Å²) in [7, 11) is 1.58. The Morgan fingerprint density at radius 3 is 2.48 bits per heavy atom. The molecular formula is C16H18N2O3. The summed E-state index contributed by atoms with van der Waals surface area (Å²) in [5.41, 5.74) is 1.19. The zero-order chi connectivity index (χ0) is 15.2. The molecule has 1 heterocycles. The normalized spacial score (nSPS) is 10.3. The van der Waals surface area contributed by atoms with E-state index in [-0.39, 0.29) is 12.0 Å². The minimum absolute atomic E-state index is 0.0186. The van der Waals surface area contributed by atoms with E-state index in [9.17, 15) is 4.79 Å². The second-order valence-corrected chi connectivity index (χ2v) is 4.72. The number of anilines is 1. The predicted octanol–water partition coefficient (Wildman–Crippen LogP) is 3.13. The summed E-state index contributed by atoms with van der Waals surface area (Å²) < 4.78 is 10.9. The Kier molecular flexibility index (Phi) is 4.77. The fourth-order valence-electron chi connectivity index (χ4n) is 1.81.